The minimum Gasteiger partial charge on any atom is -0.494 e. The van der Waals surface area contributed by atoms with Crippen LogP contribution in [0, 0.1) is 17.2 Å². The van der Waals surface area contributed by atoms with Crippen LogP contribution in [-0.2, 0) is 0 Å². The van der Waals surface area contributed by atoms with Crippen LogP contribution < -0.4 is 15.0 Å². The van der Waals surface area contributed by atoms with Crippen LogP contribution in [0.3, 0.4) is 0 Å². The lowest BCUT2D eigenvalue weighted by Gasteiger charge is -2.32. The van der Waals surface area contributed by atoms with Crippen LogP contribution in [0.2, 0.25) is 0 Å². The quantitative estimate of drug-likeness (QED) is 0.845. The third-order valence-corrected chi connectivity index (χ3v) is 4.68. The first-order valence-electron chi connectivity index (χ1n) is 9.18. The van der Waals surface area contributed by atoms with Gasteiger partial charge in [0.05, 0.1) is 6.61 Å². The lowest BCUT2D eigenvalue weighted by molar-refractivity contribution is 0.0945. The van der Waals surface area contributed by atoms with Crippen molar-refractivity contribution in [1.82, 2.24) is 15.3 Å². The smallest absolute Gasteiger partial charge is 0.251 e. The number of hydrogen-bond donors (Lipinski definition) is 1. The van der Waals surface area contributed by atoms with Crippen LogP contribution in [0.5, 0.6) is 5.75 Å². The van der Waals surface area contributed by atoms with E-state index < -0.39 is 0 Å². The highest BCUT2D eigenvalue weighted by atomic mass is 16.5. The highest BCUT2D eigenvalue weighted by molar-refractivity contribution is 5.94. The fourth-order valence-electron chi connectivity index (χ4n) is 3.20. The summed E-state index contributed by atoms with van der Waals surface area (Å²) in [5, 5.41) is 12.2. The van der Waals surface area contributed by atoms with Gasteiger partial charge in [-0.1, -0.05) is 0 Å². The van der Waals surface area contributed by atoms with Crippen molar-refractivity contribution in [3.05, 3.63) is 47.9 Å². The Bertz CT molecular complexity index is 808. The van der Waals surface area contributed by atoms with Crippen LogP contribution in [0.25, 0.3) is 0 Å². The summed E-state index contributed by atoms with van der Waals surface area (Å²) in [6, 6.07) is 9.27. The number of nitrogens with one attached hydrogen (secondary N) is 1. The van der Waals surface area contributed by atoms with Gasteiger partial charge in [-0.25, -0.2) is 9.97 Å². The normalized spacial score (nSPS) is 14.4. The number of nitriles is 1. The Morgan fingerprint density at radius 3 is 2.63 bits per heavy atom. The predicted octanol–water partition coefficient (Wildman–Crippen LogP) is 2.39. The Morgan fingerprint density at radius 2 is 1.96 bits per heavy atom. The fourth-order valence-corrected chi connectivity index (χ4v) is 3.20. The van der Waals surface area contributed by atoms with Crippen LogP contribution in [0.15, 0.2) is 36.7 Å². The van der Waals surface area contributed by atoms with E-state index in [2.05, 4.69) is 26.3 Å². The first kappa shape index (κ1) is 18.6. The molecule has 1 aliphatic heterocycles. The number of nitrogens with zero attached hydrogens (tertiary/aromatic N) is 4. The lowest BCUT2D eigenvalue weighted by atomic mass is 9.96. The third kappa shape index (κ3) is 4.73. The number of ether oxygens (including phenoxy) is 1. The van der Waals surface area contributed by atoms with E-state index in [0.29, 0.717) is 36.1 Å². The maximum atomic E-state index is 12.3. The first-order chi connectivity index (χ1) is 13.2. The molecule has 2 aromatic rings. The standard InChI is InChI=1S/C20H23N5O2/c1-2-27-17-5-3-16(4-6-17)20(26)24-14-15-7-11-25(12-8-15)19-18(13-21)22-9-10-23-19/h3-6,9-10,15H,2,7-8,11-12,14H2,1H3,(H,24,26). The molecule has 0 unspecified atom stereocenters. The summed E-state index contributed by atoms with van der Waals surface area (Å²) in [7, 11) is 0. The van der Waals surface area contributed by atoms with Gasteiger partial charge < -0.3 is 15.0 Å². The Balaban J connectivity index is 1.48. The van der Waals surface area contributed by atoms with Gasteiger partial charge in [-0.15, -0.1) is 0 Å². The molecule has 3 rings (SSSR count). The zero-order valence-corrected chi connectivity index (χ0v) is 15.4. The van der Waals surface area contributed by atoms with Gasteiger partial charge in [0, 0.05) is 37.6 Å². The monoisotopic (exact) mass is 365 g/mol. The first-order valence-corrected chi connectivity index (χ1v) is 9.18. The topological polar surface area (TPSA) is 91.1 Å². The van der Waals surface area contributed by atoms with Gasteiger partial charge in [0.1, 0.15) is 11.8 Å². The Labute approximate surface area is 159 Å². The molecule has 0 saturated carbocycles. The number of carbonyl (C=O) groups is 1. The van der Waals surface area contributed by atoms with Crippen molar-refractivity contribution in [2.45, 2.75) is 19.8 Å². The number of anilines is 1. The second-order valence-corrected chi connectivity index (χ2v) is 6.44. The predicted molar refractivity (Wildman–Crippen MR) is 102 cm³/mol. The van der Waals surface area contributed by atoms with Gasteiger partial charge in [-0.05, 0) is 49.9 Å². The molecule has 140 valence electrons. The Kier molecular flexibility index (Phi) is 6.21. The maximum Gasteiger partial charge on any atom is 0.251 e. The summed E-state index contributed by atoms with van der Waals surface area (Å²) in [5.41, 5.74) is 0.994. The molecule has 2 heterocycles. The van der Waals surface area contributed by atoms with Gasteiger partial charge in [0.25, 0.3) is 5.91 Å². The SMILES string of the molecule is CCOc1ccc(C(=O)NCC2CCN(c3nccnc3C#N)CC2)cc1. The summed E-state index contributed by atoms with van der Waals surface area (Å²) in [5.74, 6) is 1.76. The lowest BCUT2D eigenvalue weighted by Crippen LogP contribution is -2.39. The number of aromatic nitrogens is 2. The number of amides is 1. The number of benzene rings is 1. The molecule has 27 heavy (non-hydrogen) atoms. The maximum absolute atomic E-state index is 12.3. The molecule has 1 aromatic carbocycles. The van der Waals surface area contributed by atoms with Gasteiger partial charge in [0.2, 0.25) is 0 Å². The molecule has 1 saturated heterocycles. The second kappa shape index (κ2) is 8.99. The Morgan fingerprint density at radius 1 is 1.26 bits per heavy atom. The van der Waals surface area contributed by atoms with Crippen molar-refractivity contribution >= 4 is 11.7 Å². The second-order valence-electron chi connectivity index (χ2n) is 6.44. The van der Waals surface area contributed by atoms with Crippen LogP contribution in [0.1, 0.15) is 35.8 Å². The molecule has 1 aliphatic rings. The van der Waals surface area contributed by atoms with Gasteiger partial charge >= 0.3 is 0 Å². The average Bonchev–Trinajstić information content (AvgIpc) is 2.73. The van der Waals surface area contributed by atoms with E-state index in [1.165, 1.54) is 6.20 Å². The minimum absolute atomic E-state index is 0.0684. The summed E-state index contributed by atoms with van der Waals surface area (Å²) in [6.45, 7) is 4.78. The molecule has 7 nitrogen and oxygen atoms in total. The molecule has 0 spiro atoms. The van der Waals surface area contributed by atoms with E-state index in [1.54, 1.807) is 18.3 Å². The zero-order chi connectivity index (χ0) is 19.1. The van der Waals surface area contributed by atoms with E-state index in [0.717, 1.165) is 31.7 Å². The number of hydrogen-bond acceptors (Lipinski definition) is 6. The van der Waals surface area contributed by atoms with Crippen LogP contribution >= 0.6 is 0 Å². The molecule has 7 heteroatoms. The zero-order valence-electron chi connectivity index (χ0n) is 15.4. The molecule has 0 aliphatic carbocycles. The summed E-state index contributed by atoms with van der Waals surface area (Å²) < 4.78 is 5.39. The van der Waals surface area contributed by atoms with E-state index in [-0.39, 0.29) is 5.91 Å². The molecule has 1 amide bonds. The van der Waals surface area contributed by atoms with Crippen LogP contribution in [-0.4, -0.2) is 42.1 Å². The number of piperidine rings is 1. The van der Waals surface area contributed by atoms with Gasteiger partial charge in [-0.3, -0.25) is 4.79 Å². The number of rotatable bonds is 6. The molecular weight excluding hydrogens is 342 g/mol. The van der Waals surface area contributed by atoms with E-state index in [1.807, 2.05) is 19.1 Å². The average molecular weight is 365 g/mol. The molecule has 0 bridgehead atoms. The van der Waals surface area contributed by atoms with Crippen molar-refractivity contribution in [3.63, 3.8) is 0 Å². The molecule has 1 fully saturated rings. The van der Waals surface area contributed by atoms with Crippen molar-refractivity contribution in [3.8, 4) is 11.8 Å². The Hall–Kier alpha value is -3.14. The van der Waals surface area contributed by atoms with Crippen molar-refractivity contribution in [2.24, 2.45) is 5.92 Å². The third-order valence-electron chi connectivity index (χ3n) is 4.68. The molecule has 0 atom stereocenters. The highest BCUT2D eigenvalue weighted by Gasteiger charge is 2.22. The molecule has 1 aromatic heterocycles. The summed E-state index contributed by atoms with van der Waals surface area (Å²) in [4.78, 5) is 22.8. The number of carbonyl (C=O) groups excluding carboxylic acids is 1. The molecular formula is C20H23N5O2. The van der Waals surface area contributed by atoms with Gasteiger partial charge in [0.15, 0.2) is 11.5 Å². The summed E-state index contributed by atoms with van der Waals surface area (Å²) in [6.07, 6.45) is 5.01. The van der Waals surface area contributed by atoms with E-state index in [9.17, 15) is 4.79 Å². The largest absolute Gasteiger partial charge is 0.494 e. The molecule has 1 N–H and O–H groups in total. The summed E-state index contributed by atoms with van der Waals surface area (Å²) >= 11 is 0. The highest BCUT2D eigenvalue weighted by Crippen LogP contribution is 2.23. The van der Waals surface area contributed by atoms with Crippen molar-refractivity contribution < 1.29 is 9.53 Å². The van der Waals surface area contributed by atoms with Crippen molar-refractivity contribution in [2.75, 3.05) is 31.1 Å². The fraction of sp³-hybridized carbons (Fsp3) is 0.400. The van der Waals surface area contributed by atoms with Crippen molar-refractivity contribution in [1.29, 1.82) is 5.26 Å². The minimum atomic E-state index is -0.0684. The van der Waals surface area contributed by atoms with Crippen LogP contribution in [0.4, 0.5) is 5.82 Å². The molecule has 0 radical (unpaired) electrons. The van der Waals surface area contributed by atoms with E-state index >= 15 is 0 Å². The van der Waals surface area contributed by atoms with E-state index in [4.69, 9.17) is 10.00 Å². The van der Waals surface area contributed by atoms with Gasteiger partial charge in [-0.2, -0.15) is 5.26 Å².